The zero-order chi connectivity index (χ0) is 15.1. The fourth-order valence-electron chi connectivity index (χ4n) is 2.48. The smallest absolute Gasteiger partial charge is 0.328 e. The van der Waals surface area contributed by atoms with Crippen molar-refractivity contribution in [2.45, 2.75) is 33.7 Å². The summed E-state index contributed by atoms with van der Waals surface area (Å²) in [5, 5.41) is 13.4. The first-order valence-electron chi connectivity index (χ1n) is 6.46. The van der Waals surface area contributed by atoms with Crippen LogP contribution in [-0.4, -0.2) is 23.0 Å². The number of carboxylic acid groups (broad SMARTS) is 1. The molecule has 1 fully saturated rings. The van der Waals surface area contributed by atoms with Crippen LogP contribution in [-0.2, 0) is 4.79 Å². The Labute approximate surface area is 122 Å². The van der Waals surface area contributed by atoms with Crippen LogP contribution in [0.25, 0.3) is 6.08 Å². The van der Waals surface area contributed by atoms with Gasteiger partial charge in [-0.15, -0.1) is 11.3 Å². The Balaban J connectivity index is 2.03. The van der Waals surface area contributed by atoms with Gasteiger partial charge in [-0.05, 0) is 23.0 Å². The normalized spacial score (nSPS) is 20.0. The van der Waals surface area contributed by atoms with Crippen LogP contribution in [0.2, 0.25) is 0 Å². The van der Waals surface area contributed by atoms with Crippen molar-refractivity contribution in [3.8, 4) is 0 Å². The summed E-state index contributed by atoms with van der Waals surface area (Å²) in [7, 11) is 0. The molecule has 1 heterocycles. The molecular weight excluding hydrogens is 274 g/mol. The SMILES string of the molecule is CC1(C)C(NC(=O)c2csc(C=CC(=O)O)c2)C1(C)C. The fraction of sp³-hybridized carbons (Fsp3) is 0.467. The van der Waals surface area contributed by atoms with Gasteiger partial charge in [-0.1, -0.05) is 27.7 Å². The lowest BCUT2D eigenvalue weighted by molar-refractivity contribution is -0.131. The van der Waals surface area contributed by atoms with E-state index in [1.807, 2.05) is 0 Å². The Morgan fingerprint density at radius 3 is 2.40 bits per heavy atom. The predicted octanol–water partition coefficient (Wildman–Crippen LogP) is 3.01. The van der Waals surface area contributed by atoms with E-state index in [2.05, 4.69) is 33.0 Å². The Kier molecular flexibility index (Phi) is 3.50. The van der Waals surface area contributed by atoms with Crippen LogP contribution in [0.4, 0.5) is 0 Å². The van der Waals surface area contributed by atoms with Crippen molar-refractivity contribution in [3.63, 3.8) is 0 Å². The summed E-state index contributed by atoms with van der Waals surface area (Å²) in [6, 6.07) is 1.88. The van der Waals surface area contributed by atoms with E-state index in [1.165, 1.54) is 17.4 Å². The molecule has 0 unspecified atom stereocenters. The number of hydrogen-bond donors (Lipinski definition) is 2. The minimum Gasteiger partial charge on any atom is -0.478 e. The highest BCUT2D eigenvalue weighted by Gasteiger charge is 2.65. The number of nitrogens with one attached hydrogen (secondary N) is 1. The lowest BCUT2D eigenvalue weighted by atomic mass is 10.0. The van der Waals surface area contributed by atoms with Gasteiger partial charge in [0.1, 0.15) is 0 Å². The molecule has 0 spiro atoms. The third-order valence-corrected chi connectivity index (χ3v) is 5.47. The van der Waals surface area contributed by atoms with Crippen LogP contribution in [0.15, 0.2) is 17.5 Å². The summed E-state index contributed by atoms with van der Waals surface area (Å²) in [6.07, 6.45) is 2.56. The highest BCUT2D eigenvalue weighted by Crippen LogP contribution is 2.62. The molecule has 4 nitrogen and oxygen atoms in total. The molecule has 1 amide bonds. The Bertz CT molecular complexity index is 570. The molecule has 2 rings (SSSR count). The molecule has 0 radical (unpaired) electrons. The minimum absolute atomic E-state index is 0.0973. The molecule has 0 aromatic carbocycles. The van der Waals surface area contributed by atoms with Crippen molar-refractivity contribution in [1.29, 1.82) is 0 Å². The van der Waals surface area contributed by atoms with Crippen molar-refractivity contribution in [3.05, 3.63) is 28.0 Å². The summed E-state index contributed by atoms with van der Waals surface area (Å²) >= 11 is 1.36. The zero-order valence-corrected chi connectivity index (χ0v) is 12.9. The number of carboxylic acids is 1. The largest absolute Gasteiger partial charge is 0.478 e. The van der Waals surface area contributed by atoms with Crippen LogP contribution < -0.4 is 5.32 Å². The van der Waals surface area contributed by atoms with Gasteiger partial charge in [-0.2, -0.15) is 0 Å². The quantitative estimate of drug-likeness (QED) is 0.839. The van der Waals surface area contributed by atoms with Crippen LogP contribution in [0.5, 0.6) is 0 Å². The summed E-state index contributed by atoms with van der Waals surface area (Å²) in [5.74, 6) is -1.09. The molecule has 1 aromatic heterocycles. The van der Waals surface area contributed by atoms with E-state index in [0.29, 0.717) is 5.56 Å². The van der Waals surface area contributed by atoms with Gasteiger partial charge in [-0.25, -0.2) is 4.79 Å². The van der Waals surface area contributed by atoms with Gasteiger partial charge in [0.15, 0.2) is 0 Å². The van der Waals surface area contributed by atoms with Gasteiger partial charge in [0, 0.05) is 22.4 Å². The number of amides is 1. The highest BCUT2D eigenvalue weighted by atomic mass is 32.1. The molecule has 0 saturated heterocycles. The number of thiophene rings is 1. The van der Waals surface area contributed by atoms with Crippen molar-refractivity contribution in [1.82, 2.24) is 5.32 Å². The van der Waals surface area contributed by atoms with Gasteiger partial charge >= 0.3 is 5.97 Å². The molecule has 0 atom stereocenters. The molecule has 1 aromatic rings. The first-order valence-corrected chi connectivity index (χ1v) is 7.34. The molecular formula is C15H19NO3S. The number of carbonyl (C=O) groups excluding carboxylic acids is 1. The van der Waals surface area contributed by atoms with Crippen LogP contribution in [0.3, 0.4) is 0 Å². The molecule has 20 heavy (non-hydrogen) atoms. The molecule has 1 saturated carbocycles. The van der Waals surface area contributed by atoms with Gasteiger partial charge in [0.2, 0.25) is 0 Å². The zero-order valence-electron chi connectivity index (χ0n) is 12.1. The van der Waals surface area contributed by atoms with Crippen molar-refractivity contribution in [2.24, 2.45) is 10.8 Å². The average Bonchev–Trinajstić information content (AvgIpc) is 2.76. The standard InChI is InChI=1S/C15H19NO3S/c1-14(2)13(15(14,3)4)16-12(19)9-7-10(20-8-9)5-6-11(17)18/h5-8,13H,1-4H3,(H,16,19)(H,17,18). The lowest BCUT2D eigenvalue weighted by Crippen LogP contribution is -2.29. The van der Waals surface area contributed by atoms with E-state index in [1.54, 1.807) is 11.4 Å². The second kappa shape index (κ2) is 4.74. The van der Waals surface area contributed by atoms with E-state index in [4.69, 9.17) is 5.11 Å². The van der Waals surface area contributed by atoms with Gasteiger partial charge in [-0.3, -0.25) is 4.79 Å². The minimum atomic E-state index is -0.995. The van der Waals surface area contributed by atoms with Crippen LogP contribution >= 0.6 is 11.3 Å². The molecule has 5 heteroatoms. The molecule has 0 bridgehead atoms. The van der Waals surface area contributed by atoms with Gasteiger partial charge in [0.05, 0.1) is 5.56 Å². The highest BCUT2D eigenvalue weighted by molar-refractivity contribution is 7.11. The number of hydrogen-bond acceptors (Lipinski definition) is 3. The van der Waals surface area contributed by atoms with Gasteiger partial charge in [0.25, 0.3) is 5.91 Å². The summed E-state index contributed by atoms with van der Waals surface area (Å²) < 4.78 is 0. The molecule has 0 aliphatic heterocycles. The maximum absolute atomic E-state index is 12.2. The second-order valence-electron chi connectivity index (χ2n) is 6.26. The molecule has 1 aliphatic rings. The molecule has 108 valence electrons. The van der Waals surface area contributed by atoms with Crippen LogP contribution in [0, 0.1) is 10.8 Å². The first kappa shape index (κ1) is 14.8. The third kappa shape index (κ3) is 2.50. The summed E-state index contributed by atoms with van der Waals surface area (Å²) in [5.41, 5.74) is 0.786. The topological polar surface area (TPSA) is 66.4 Å². The van der Waals surface area contributed by atoms with E-state index in [0.717, 1.165) is 11.0 Å². The molecule has 2 N–H and O–H groups in total. The Hall–Kier alpha value is -1.62. The number of carbonyl (C=O) groups is 2. The molecule has 1 aliphatic carbocycles. The van der Waals surface area contributed by atoms with E-state index in [9.17, 15) is 9.59 Å². The van der Waals surface area contributed by atoms with Crippen molar-refractivity contribution >= 4 is 29.3 Å². The summed E-state index contributed by atoms with van der Waals surface area (Å²) in [4.78, 5) is 23.4. The summed E-state index contributed by atoms with van der Waals surface area (Å²) in [6.45, 7) is 8.58. The average molecular weight is 293 g/mol. The Morgan fingerprint density at radius 1 is 1.30 bits per heavy atom. The monoisotopic (exact) mass is 293 g/mol. The van der Waals surface area contributed by atoms with Crippen molar-refractivity contribution in [2.75, 3.05) is 0 Å². The van der Waals surface area contributed by atoms with E-state index >= 15 is 0 Å². The van der Waals surface area contributed by atoms with Gasteiger partial charge < -0.3 is 10.4 Å². The first-order chi connectivity index (χ1) is 9.16. The fourth-order valence-corrected chi connectivity index (χ4v) is 3.26. The van der Waals surface area contributed by atoms with E-state index < -0.39 is 5.97 Å². The third-order valence-electron chi connectivity index (χ3n) is 4.57. The van der Waals surface area contributed by atoms with Crippen LogP contribution in [0.1, 0.15) is 42.9 Å². The maximum Gasteiger partial charge on any atom is 0.328 e. The Morgan fingerprint density at radius 2 is 1.90 bits per heavy atom. The second-order valence-corrected chi connectivity index (χ2v) is 7.20. The van der Waals surface area contributed by atoms with Crippen molar-refractivity contribution < 1.29 is 14.7 Å². The van der Waals surface area contributed by atoms with E-state index in [-0.39, 0.29) is 22.8 Å². The maximum atomic E-state index is 12.2. The number of rotatable bonds is 4. The lowest BCUT2D eigenvalue weighted by Gasteiger charge is -2.04. The predicted molar refractivity (Wildman–Crippen MR) is 79.8 cm³/mol. The number of aliphatic carboxylic acids is 1.